The predicted molar refractivity (Wildman–Crippen MR) is 110 cm³/mol. The third-order valence-electron chi connectivity index (χ3n) is 5.51. The summed E-state index contributed by atoms with van der Waals surface area (Å²) in [4.78, 5) is 49.9. The molecular formula is C19H23N3O10S. The van der Waals surface area contributed by atoms with E-state index in [1.54, 1.807) is 6.92 Å². The second-order valence-electron chi connectivity index (χ2n) is 7.85. The number of aliphatic carboxylic acids is 1. The van der Waals surface area contributed by atoms with Gasteiger partial charge in [-0.1, -0.05) is 0 Å². The molecular weight excluding hydrogens is 462 g/mol. The Bertz CT molecular complexity index is 1040. The quantitative estimate of drug-likeness (QED) is 0.168. The summed E-state index contributed by atoms with van der Waals surface area (Å²) >= 11 is 0. The lowest BCUT2D eigenvalue weighted by molar-refractivity contribution is -0.161. The number of carboxylic acids is 1. The van der Waals surface area contributed by atoms with Gasteiger partial charge in [0.1, 0.15) is 28.6 Å². The zero-order chi connectivity index (χ0) is 24.4. The molecule has 180 valence electrons. The molecule has 2 heterocycles. The van der Waals surface area contributed by atoms with Crippen molar-refractivity contribution in [2.24, 2.45) is 0 Å². The Morgan fingerprint density at radius 3 is 2.39 bits per heavy atom. The minimum Gasteiger partial charge on any atom is -0.504 e. The number of carboxylic acid groups (broad SMARTS) is 1. The van der Waals surface area contributed by atoms with Crippen LogP contribution in [0.15, 0.2) is 18.2 Å². The van der Waals surface area contributed by atoms with E-state index >= 15 is 0 Å². The monoisotopic (exact) mass is 485 g/mol. The maximum absolute atomic E-state index is 12.2. The van der Waals surface area contributed by atoms with Crippen molar-refractivity contribution < 1.29 is 47.7 Å². The van der Waals surface area contributed by atoms with Crippen molar-refractivity contribution in [2.75, 3.05) is 19.7 Å². The molecule has 0 bridgehead atoms. The Labute approximate surface area is 189 Å². The summed E-state index contributed by atoms with van der Waals surface area (Å²) in [5.41, 5.74) is 0.0999. The minimum atomic E-state index is -3.33. The Kier molecular flexibility index (Phi) is 6.95. The predicted octanol–water partition coefficient (Wildman–Crippen LogP) is -1.30. The number of nitrogens with zero attached hydrogens (tertiary/aromatic N) is 2. The molecule has 13 nitrogen and oxygen atoms in total. The Balaban J connectivity index is 1.52. The van der Waals surface area contributed by atoms with Gasteiger partial charge in [0, 0.05) is 31.1 Å². The third kappa shape index (κ3) is 5.10. The normalized spacial score (nSPS) is 19.9. The van der Waals surface area contributed by atoms with E-state index < -0.39 is 70.3 Å². The summed E-state index contributed by atoms with van der Waals surface area (Å²) in [6.45, 7) is 0.970. The van der Waals surface area contributed by atoms with Crippen LogP contribution in [0, 0.1) is 0 Å². The zero-order valence-electron chi connectivity index (χ0n) is 17.4. The van der Waals surface area contributed by atoms with Crippen LogP contribution in [0.2, 0.25) is 0 Å². The van der Waals surface area contributed by atoms with Crippen LogP contribution in [-0.4, -0.2) is 100 Å². The number of nitrogens with one attached hydrogen (secondary N) is 1. The largest absolute Gasteiger partial charge is 0.504 e. The number of benzene rings is 1. The standard InChI is InChI=1S/C19H23N3O10S/c1-9-4-15(25)22(9)16(18(27)28)14(33(30)31)8-32-19(29)21-6-11(7-21)20-17(26)10-2-3-12(23)13(24)5-10/h2-3,5,9,11,14,16,23-24,33H,4,6-8H2,1H3,(H,20,26)(H,27,28)/t9-,14+,16-/m1/s1. The second kappa shape index (κ2) is 9.52. The fourth-order valence-electron chi connectivity index (χ4n) is 3.66. The lowest BCUT2D eigenvalue weighted by Gasteiger charge is -2.43. The van der Waals surface area contributed by atoms with Gasteiger partial charge in [0.2, 0.25) is 5.91 Å². The molecule has 2 aliphatic rings. The van der Waals surface area contributed by atoms with Crippen molar-refractivity contribution in [2.45, 2.75) is 36.7 Å². The summed E-state index contributed by atoms with van der Waals surface area (Å²) < 4.78 is 28.3. The van der Waals surface area contributed by atoms with Gasteiger partial charge in [0.25, 0.3) is 5.91 Å². The fourth-order valence-corrected chi connectivity index (χ4v) is 4.35. The van der Waals surface area contributed by atoms with Crippen molar-refractivity contribution >= 4 is 34.6 Å². The molecule has 0 saturated carbocycles. The maximum Gasteiger partial charge on any atom is 0.409 e. The van der Waals surface area contributed by atoms with E-state index in [2.05, 4.69) is 5.32 Å². The summed E-state index contributed by atoms with van der Waals surface area (Å²) in [5.74, 6) is -3.38. The van der Waals surface area contributed by atoms with Crippen molar-refractivity contribution in [1.82, 2.24) is 15.1 Å². The van der Waals surface area contributed by atoms with Gasteiger partial charge in [-0.3, -0.25) is 9.59 Å². The lowest BCUT2D eigenvalue weighted by atomic mass is 9.98. The number of hydrogen-bond donors (Lipinski definition) is 5. The van der Waals surface area contributed by atoms with Crippen molar-refractivity contribution in [3.8, 4) is 11.5 Å². The number of rotatable bonds is 8. The highest BCUT2D eigenvalue weighted by atomic mass is 32.2. The molecule has 0 spiro atoms. The number of phenols is 2. The first-order valence-electron chi connectivity index (χ1n) is 9.91. The molecule has 2 aliphatic heterocycles. The number of thiol groups is 1. The van der Waals surface area contributed by atoms with Crippen molar-refractivity contribution in [3.63, 3.8) is 0 Å². The number of ether oxygens (including phenoxy) is 1. The van der Waals surface area contributed by atoms with Crippen LogP contribution in [-0.2, 0) is 25.0 Å². The van der Waals surface area contributed by atoms with E-state index in [-0.39, 0.29) is 30.8 Å². The van der Waals surface area contributed by atoms with Crippen molar-refractivity contribution in [1.29, 1.82) is 0 Å². The zero-order valence-corrected chi connectivity index (χ0v) is 18.3. The van der Waals surface area contributed by atoms with Gasteiger partial charge < -0.3 is 35.2 Å². The van der Waals surface area contributed by atoms with Crippen LogP contribution in [0.4, 0.5) is 4.79 Å². The van der Waals surface area contributed by atoms with Gasteiger partial charge in [0.15, 0.2) is 11.5 Å². The molecule has 2 fully saturated rings. The number of amides is 3. The van der Waals surface area contributed by atoms with Gasteiger partial charge in [-0.05, 0) is 25.1 Å². The van der Waals surface area contributed by atoms with E-state index in [1.165, 1.54) is 11.0 Å². The maximum atomic E-state index is 12.2. The molecule has 33 heavy (non-hydrogen) atoms. The van der Waals surface area contributed by atoms with Crippen LogP contribution in [0.5, 0.6) is 11.5 Å². The molecule has 3 rings (SSSR count). The Morgan fingerprint density at radius 1 is 1.21 bits per heavy atom. The van der Waals surface area contributed by atoms with Crippen LogP contribution in [0.3, 0.4) is 0 Å². The summed E-state index contributed by atoms with van der Waals surface area (Å²) in [6, 6.07) is 1.01. The first-order chi connectivity index (χ1) is 15.5. The molecule has 0 unspecified atom stereocenters. The van der Waals surface area contributed by atoms with E-state index in [4.69, 9.17) is 4.74 Å². The molecule has 3 amide bonds. The Morgan fingerprint density at radius 2 is 1.88 bits per heavy atom. The van der Waals surface area contributed by atoms with Gasteiger partial charge in [0.05, 0.1) is 6.04 Å². The summed E-state index contributed by atoms with van der Waals surface area (Å²) in [7, 11) is -3.33. The lowest BCUT2D eigenvalue weighted by Crippen LogP contribution is -2.64. The molecule has 14 heteroatoms. The SMILES string of the molecule is C[C@@H]1CC(=O)N1[C@@H](C(=O)O)[C@H](COC(=O)N1CC(NC(=O)c2ccc(O)c(O)c2)C1)[SH](=O)=O. The number of hydrogen-bond acceptors (Lipinski definition) is 9. The summed E-state index contributed by atoms with van der Waals surface area (Å²) in [5, 5.41) is 29.2. The fraction of sp³-hybridized carbons (Fsp3) is 0.474. The first kappa shape index (κ1) is 24.1. The molecule has 1 aromatic carbocycles. The number of aromatic hydroxyl groups is 2. The summed E-state index contributed by atoms with van der Waals surface area (Å²) in [6.07, 6.45) is -0.784. The average molecular weight is 485 g/mol. The molecule has 0 aromatic heterocycles. The average Bonchev–Trinajstić information content (AvgIpc) is 2.70. The van der Waals surface area contributed by atoms with E-state index in [1.807, 2.05) is 0 Å². The van der Waals surface area contributed by atoms with Crippen LogP contribution < -0.4 is 5.32 Å². The number of likely N-dealkylation sites (tertiary alicyclic amines) is 2. The highest BCUT2D eigenvalue weighted by molar-refractivity contribution is 7.73. The number of carbonyl (C=O) groups is 4. The van der Waals surface area contributed by atoms with E-state index in [9.17, 15) is 42.9 Å². The Hall–Kier alpha value is -3.55. The van der Waals surface area contributed by atoms with Crippen LogP contribution in [0.25, 0.3) is 0 Å². The highest BCUT2D eigenvalue weighted by Crippen LogP contribution is 2.26. The van der Waals surface area contributed by atoms with Gasteiger partial charge in [-0.15, -0.1) is 0 Å². The molecule has 4 N–H and O–H groups in total. The van der Waals surface area contributed by atoms with Gasteiger partial charge in [-0.2, -0.15) is 0 Å². The smallest absolute Gasteiger partial charge is 0.409 e. The van der Waals surface area contributed by atoms with E-state index in [0.29, 0.717) is 0 Å². The third-order valence-corrected chi connectivity index (χ3v) is 6.48. The molecule has 2 saturated heterocycles. The second-order valence-corrected chi connectivity index (χ2v) is 9.08. The molecule has 0 aliphatic carbocycles. The van der Waals surface area contributed by atoms with Gasteiger partial charge >= 0.3 is 12.1 Å². The molecule has 0 radical (unpaired) electrons. The van der Waals surface area contributed by atoms with Crippen LogP contribution in [0.1, 0.15) is 23.7 Å². The van der Waals surface area contributed by atoms with E-state index in [0.717, 1.165) is 17.0 Å². The van der Waals surface area contributed by atoms with Gasteiger partial charge in [-0.25, -0.2) is 18.0 Å². The minimum absolute atomic E-state index is 0.0623. The number of β-lactam (4-membered cyclic amide) rings is 1. The topological polar surface area (TPSA) is 191 Å². The number of carbonyl (C=O) groups excluding carboxylic acids is 3. The molecule has 3 atom stereocenters. The first-order valence-corrected chi connectivity index (χ1v) is 11.2. The number of phenolic OH excluding ortho intramolecular Hbond substituents is 2. The van der Waals surface area contributed by atoms with Crippen molar-refractivity contribution in [3.05, 3.63) is 23.8 Å². The highest BCUT2D eigenvalue weighted by Gasteiger charge is 2.47. The molecule has 1 aromatic rings. The van der Waals surface area contributed by atoms with Crippen LogP contribution >= 0.6 is 0 Å².